The summed E-state index contributed by atoms with van der Waals surface area (Å²) in [5.41, 5.74) is -0.965. The fraction of sp³-hybridized carbons (Fsp3) is 0.385. The van der Waals surface area contributed by atoms with E-state index in [0.29, 0.717) is 10.7 Å². The van der Waals surface area contributed by atoms with Gasteiger partial charge >= 0.3 is 5.97 Å². The van der Waals surface area contributed by atoms with E-state index in [1.165, 1.54) is 0 Å². The highest BCUT2D eigenvalue weighted by Crippen LogP contribution is 2.29. The van der Waals surface area contributed by atoms with Crippen molar-refractivity contribution in [3.05, 3.63) is 35.9 Å². The predicted molar refractivity (Wildman–Crippen MR) is 74.2 cm³/mol. The summed E-state index contributed by atoms with van der Waals surface area (Å²) < 4.78 is 5.01. The van der Waals surface area contributed by atoms with E-state index in [-0.39, 0.29) is 13.2 Å². The summed E-state index contributed by atoms with van der Waals surface area (Å²) in [4.78, 5) is 12.0. The Morgan fingerprint density at radius 3 is 2.84 bits per heavy atom. The van der Waals surface area contributed by atoms with Crippen molar-refractivity contribution in [3.8, 4) is 0 Å². The first-order chi connectivity index (χ1) is 9.08. The molecule has 0 bridgehead atoms. The van der Waals surface area contributed by atoms with Gasteiger partial charge in [-0.1, -0.05) is 30.3 Å². The molecule has 1 heterocycles. The molecule has 1 fully saturated rings. The lowest BCUT2D eigenvalue weighted by Gasteiger charge is -2.40. The number of nitrogens with one attached hydrogen (secondary N) is 2. The van der Waals surface area contributed by atoms with E-state index in [2.05, 4.69) is 10.6 Å². The molecule has 0 amide bonds. The van der Waals surface area contributed by atoms with E-state index < -0.39 is 17.6 Å². The maximum Gasteiger partial charge on any atom is 0.316 e. The molecule has 0 aliphatic carbocycles. The number of hydrogen-bond acceptors (Lipinski definition) is 4. The van der Waals surface area contributed by atoms with Crippen molar-refractivity contribution in [2.45, 2.75) is 12.6 Å². The van der Waals surface area contributed by atoms with Gasteiger partial charge in [0.15, 0.2) is 10.8 Å². The Bertz CT molecular complexity index is 480. The zero-order valence-electron chi connectivity index (χ0n) is 10.6. The summed E-state index contributed by atoms with van der Waals surface area (Å²) in [6.07, 6.45) is 0. The zero-order chi connectivity index (χ0) is 13.9. The Morgan fingerprint density at radius 1 is 1.53 bits per heavy atom. The molecule has 19 heavy (non-hydrogen) atoms. The molecule has 3 N–H and O–H groups in total. The van der Waals surface area contributed by atoms with Gasteiger partial charge in [0.1, 0.15) is 5.92 Å². The highest BCUT2D eigenvalue weighted by molar-refractivity contribution is 7.80. The van der Waals surface area contributed by atoms with Crippen molar-refractivity contribution in [3.63, 3.8) is 0 Å². The van der Waals surface area contributed by atoms with Gasteiger partial charge < -0.3 is 20.5 Å². The Labute approximate surface area is 117 Å². The lowest BCUT2D eigenvalue weighted by atomic mass is 9.87. The minimum Gasteiger partial charge on any atom is -0.466 e. The van der Waals surface area contributed by atoms with Gasteiger partial charge in [-0.3, -0.25) is 4.79 Å². The van der Waals surface area contributed by atoms with Gasteiger partial charge in [-0.25, -0.2) is 0 Å². The molecule has 6 heteroatoms. The van der Waals surface area contributed by atoms with Crippen LogP contribution in [0.5, 0.6) is 0 Å². The number of benzene rings is 1. The molecule has 2 rings (SSSR count). The molecule has 1 aromatic rings. The smallest absolute Gasteiger partial charge is 0.316 e. The first-order valence-corrected chi connectivity index (χ1v) is 6.49. The van der Waals surface area contributed by atoms with Crippen molar-refractivity contribution >= 4 is 23.3 Å². The van der Waals surface area contributed by atoms with Crippen LogP contribution in [0.4, 0.5) is 0 Å². The number of carbonyl (C=O) groups excluding carboxylic acids is 1. The van der Waals surface area contributed by atoms with Crippen LogP contribution in [0.25, 0.3) is 0 Å². The van der Waals surface area contributed by atoms with Crippen LogP contribution in [-0.2, 0) is 15.3 Å². The van der Waals surface area contributed by atoms with Gasteiger partial charge in [0, 0.05) is 12.1 Å². The molecule has 1 aliphatic heterocycles. The van der Waals surface area contributed by atoms with Crippen LogP contribution in [0.2, 0.25) is 0 Å². The molecular weight excluding hydrogens is 264 g/mol. The van der Waals surface area contributed by atoms with Gasteiger partial charge in [-0.15, -0.1) is 0 Å². The Kier molecular flexibility index (Phi) is 4.01. The largest absolute Gasteiger partial charge is 0.466 e. The van der Waals surface area contributed by atoms with Gasteiger partial charge in [-0.2, -0.15) is 0 Å². The van der Waals surface area contributed by atoms with Crippen LogP contribution in [0.1, 0.15) is 12.5 Å². The number of thiocarbonyl (C=S) groups is 1. The third-order valence-corrected chi connectivity index (χ3v) is 3.31. The van der Waals surface area contributed by atoms with Crippen molar-refractivity contribution in [1.82, 2.24) is 10.6 Å². The molecule has 1 aliphatic rings. The molecule has 0 saturated carbocycles. The highest BCUT2D eigenvalue weighted by Gasteiger charge is 2.47. The normalized spacial score (nSPS) is 26.2. The first-order valence-electron chi connectivity index (χ1n) is 6.08. The van der Waals surface area contributed by atoms with Gasteiger partial charge in [-0.05, 0) is 19.1 Å². The average molecular weight is 280 g/mol. The second-order valence-corrected chi connectivity index (χ2v) is 4.68. The molecule has 2 atom stereocenters. The van der Waals surface area contributed by atoms with Crippen LogP contribution in [0.3, 0.4) is 0 Å². The van der Waals surface area contributed by atoms with Crippen molar-refractivity contribution < 1.29 is 14.6 Å². The van der Waals surface area contributed by atoms with E-state index in [4.69, 9.17) is 17.0 Å². The van der Waals surface area contributed by atoms with Crippen LogP contribution >= 0.6 is 12.2 Å². The van der Waals surface area contributed by atoms with Gasteiger partial charge in [0.2, 0.25) is 0 Å². The maximum atomic E-state index is 12.0. The fourth-order valence-corrected chi connectivity index (χ4v) is 2.35. The number of ether oxygens (including phenoxy) is 1. The zero-order valence-corrected chi connectivity index (χ0v) is 11.4. The average Bonchev–Trinajstić information content (AvgIpc) is 2.40. The minimum absolute atomic E-state index is 0.232. The molecule has 0 aromatic heterocycles. The van der Waals surface area contributed by atoms with E-state index in [9.17, 15) is 9.90 Å². The third-order valence-electron chi connectivity index (χ3n) is 3.06. The molecular formula is C13H16N2O3S. The van der Waals surface area contributed by atoms with Crippen LogP contribution < -0.4 is 10.6 Å². The number of rotatable bonds is 3. The fourth-order valence-electron chi connectivity index (χ4n) is 2.11. The molecule has 1 saturated heterocycles. The third kappa shape index (κ3) is 2.69. The topological polar surface area (TPSA) is 70.6 Å². The number of esters is 1. The van der Waals surface area contributed by atoms with Crippen molar-refractivity contribution in [1.29, 1.82) is 0 Å². The first kappa shape index (κ1) is 13.8. The molecule has 5 nitrogen and oxygen atoms in total. The second kappa shape index (κ2) is 5.54. The summed E-state index contributed by atoms with van der Waals surface area (Å²) in [6, 6.07) is 8.91. The molecule has 0 spiro atoms. The Hall–Kier alpha value is -1.66. The predicted octanol–water partition coefficient (Wildman–Crippen LogP) is 0.489. The van der Waals surface area contributed by atoms with Crippen LogP contribution in [-0.4, -0.2) is 29.3 Å². The molecule has 2 unspecified atom stereocenters. The number of aliphatic hydroxyl groups is 1. The van der Waals surface area contributed by atoms with Crippen LogP contribution in [0.15, 0.2) is 30.3 Å². The Balaban J connectivity index is 2.35. The van der Waals surface area contributed by atoms with E-state index in [0.717, 1.165) is 0 Å². The highest BCUT2D eigenvalue weighted by atomic mass is 32.1. The summed E-state index contributed by atoms with van der Waals surface area (Å²) in [5, 5.41) is 16.8. The lowest BCUT2D eigenvalue weighted by molar-refractivity contribution is -0.161. The SMILES string of the molecule is CCOC(=O)C1CNC(=S)NC1(O)c1ccccc1. The number of hydrogen-bond donors (Lipinski definition) is 3. The van der Waals surface area contributed by atoms with E-state index in [1.54, 1.807) is 31.2 Å². The molecule has 0 radical (unpaired) electrons. The van der Waals surface area contributed by atoms with Crippen molar-refractivity contribution in [2.75, 3.05) is 13.2 Å². The second-order valence-electron chi connectivity index (χ2n) is 4.27. The molecule has 102 valence electrons. The summed E-state index contributed by atoms with van der Waals surface area (Å²) in [5.74, 6) is -1.22. The quantitative estimate of drug-likeness (QED) is 0.553. The van der Waals surface area contributed by atoms with Gasteiger partial charge in [0.25, 0.3) is 0 Å². The van der Waals surface area contributed by atoms with Crippen LogP contribution in [0, 0.1) is 5.92 Å². The summed E-state index contributed by atoms with van der Waals surface area (Å²) in [7, 11) is 0. The number of carbonyl (C=O) groups is 1. The summed E-state index contributed by atoms with van der Waals surface area (Å²) >= 11 is 5.02. The summed E-state index contributed by atoms with van der Waals surface area (Å²) in [6.45, 7) is 2.23. The van der Waals surface area contributed by atoms with E-state index >= 15 is 0 Å². The molecule has 1 aromatic carbocycles. The standard InChI is InChI=1S/C13H16N2O3S/c1-2-18-11(16)10-8-14-12(19)15-13(10,17)9-6-4-3-5-7-9/h3-7,10,17H,2,8H2,1H3,(H2,14,15,19). The van der Waals surface area contributed by atoms with Crippen molar-refractivity contribution in [2.24, 2.45) is 5.92 Å². The minimum atomic E-state index is -1.55. The lowest BCUT2D eigenvalue weighted by Crippen LogP contribution is -2.64. The Morgan fingerprint density at radius 2 is 2.21 bits per heavy atom. The van der Waals surface area contributed by atoms with Gasteiger partial charge in [0.05, 0.1) is 6.61 Å². The van der Waals surface area contributed by atoms with E-state index in [1.807, 2.05) is 6.07 Å². The monoisotopic (exact) mass is 280 g/mol. The maximum absolute atomic E-state index is 12.0.